The van der Waals surface area contributed by atoms with Crippen molar-refractivity contribution in [3.05, 3.63) is 57.8 Å². The second kappa shape index (κ2) is 5.80. The molecule has 0 saturated heterocycles. The van der Waals surface area contributed by atoms with Gasteiger partial charge in [-0.3, -0.25) is 10.1 Å². The van der Waals surface area contributed by atoms with E-state index in [4.69, 9.17) is 0 Å². The van der Waals surface area contributed by atoms with Crippen LogP contribution in [0.2, 0.25) is 0 Å². The number of thiophene rings is 1. The summed E-state index contributed by atoms with van der Waals surface area (Å²) >= 11 is 1.64. The standard InChI is InChI=1S/C14H15NO2S/c1-10-7-8-18-12(10)9-15-13(14(16)17)11-5-3-2-4-6-11/h2-8,13,15H,9H2,1H3,(H,16,17). The normalized spacial score (nSPS) is 12.3. The molecule has 0 saturated carbocycles. The summed E-state index contributed by atoms with van der Waals surface area (Å²) in [5.74, 6) is -0.851. The summed E-state index contributed by atoms with van der Waals surface area (Å²) in [5.41, 5.74) is 1.98. The molecule has 3 nitrogen and oxygen atoms in total. The Labute approximate surface area is 110 Å². The van der Waals surface area contributed by atoms with Gasteiger partial charge in [-0.15, -0.1) is 11.3 Å². The Hall–Kier alpha value is -1.65. The van der Waals surface area contributed by atoms with Gasteiger partial charge in [0.05, 0.1) is 0 Å². The molecule has 0 fully saturated rings. The lowest BCUT2D eigenvalue weighted by Gasteiger charge is -2.14. The zero-order valence-corrected chi connectivity index (χ0v) is 10.9. The summed E-state index contributed by atoms with van der Waals surface area (Å²) in [5, 5.41) is 14.4. The first kappa shape index (κ1) is 12.8. The summed E-state index contributed by atoms with van der Waals surface area (Å²) in [6.45, 7) is 2.61. The highest BCUT2D eigenvalue weighted by molar-refractivity contribution is 7.10. The average Bonchev–Trinajstić information content (AvgIpc) is 2.76. The third kappa shape index (κ3) is 2.97. The Morgan fingerprint density at radius 3 is 2.61 bits per heavy atom. The summed E-state index contributed by atoms with van der Waals surface area (Å²) in [6.07, 6.45) is 0. The van der Waals surface area contributed by atoms with Crippen molar-refractivity contribution in [3.63, 3.8) is 0 Å². The number of nitrogens with one attached hydrogen (secondary N) is 1. The molecule has 4 heteroatoms. The molecule has 0 aliphatic carbocycles. The number of aliphatic carboxylic acids is 1. The van der Waals surface area contributed by atoms with E-state index in [1.807, 2.05) is 48.7 Å². The lowest BCUT2D eigenvalue weighted by molar-refractivity contribution is -0.139. The van der Waals surface area contributed by atoms with Gasteiger partial charge in [0.15, 0.2) is 0 Å². The molecule has 0 aliphatic rings. The molecule has 1 aromatic carbocycles. The van der Waals surface area contributed by atoms with Gasteiger partial charge in [0, 0.05) is 11.4 Å². The molecule has 0 spiro atoms. The number of carbonyl (C=O) groups is 1. The molecular formula is C14H15NO2S. The van der Waals surface area contributed by atoms with Gasteiger partial charge in [0.2, 0.25) is 0 Å². The lowest BCUT2D eigenvalue weighted by Crippen LogP contribution is -2.27. The van der Waals surface area contributed by atoms with Gasteiger partial charge in [0.1, 0.15) is 6.04 Å². The van der Waals surface area contributed by atoms with E-state index >= 15 is 0 Å². The number of aryl methyl sites for hydroxylation is 1. The van der Waals surface area contributed by atoms with E-state index in [-0.39, 0.29) is 0 Å². The molecule has 2 N–H and O–H groups in total. The largest absolute Gasteiger partial charge is 0.480 e. The van der Waals surface area contributed by atoms with Crippen molar-refractivity contribution < 1.29 is 9.90 Å². The van der Waals surface area contributed by atoms with Crippen molar-refractivity contribution in [1.29, 1.82) is 0 Å². The van der Waals surface area contributed by atoms with E-state index in [0.29, 0.717) is 6.54 Å². The molecule has 94 valence electrons. The van der Waals surface area contributed by atoms with E-state index < -0.39 is 12.0 Å². The van der Waals surface area contributed by atoms with Crippen LogP contribution >= 0.6 is 11.3 Å². The van der Waals surface area contributed by atoms with Crippen LogP contribution in [0.1, 0.15) is 22.0 Å². The Morgan fingerprint density at radius 1 is 1.33 bits per heavy atom. The Morgan fingerprint density at radius 2 is 2.06 bits per heavy atom. The first-order valence-corrected chi connectivity index (χ1v) is 6.60. The molecule has 0 bridgehead atoms. The van der Waals surface area contributed by atoms with Gasteiger partial charge in [-0.2, -0.15) is 0 Å². The average molecular weight is 261 g/mol. The fraction of sp³-hybridized carbons (Fsp3) is 0.214. The maximum absolute atomic E-state index is 11.3. The quantitative estimate of drug-likeness (QED) is 0.870. The molecule has 2 aromatic rings. The summed E-state index contributed by atoms with van der Waals surface area (Å²) in [4.78, 5) is 12.5. The van der Waals surface area contributed by atoms with Crippen LogP contribution in [0.3, 0.4) is 0 Å². The Balaban J connectivity index is 2.09. The highest BCUT2D eigenvalue weighted by atomic mass is 32.1. The van der Waals surface area contributed by atoms with E-state index in [2.05, 4.69) is 5.32 Å². The minimum absolute atomic E-state index is 0.579. The molecule has 0 amide bonds. The molecule has 0 aliphatic heterocycles. The highest BCUT2D eigenvalue weighted by Crippen LogP contribution is 2.18. The summed E-state index contributed by atoms with van der Waals surface area (Å²) < 4.78 is 0. The number of hydrogen-bond donors (Lipinski definition) is 2. The number of hydrogen-bond acceptors (Lipinski definition) is 3. The van der Waals surface area contributed by atoms with Gasteiger partial charge >= 0.3 is 5.97 Å². The van der Waals surface area contributed by atoms with Crippen molar-refractivity contribution in [3.8, 4) is 0 Å². The van der Waals surface area contributed by atoms with E-state index in [0.717, 1.165) is 5.56 Å². The molecule has 1 unspecified atom stereocenters. The minimum Gasteiger partial charge on any atom is -0.480 e. The molecular weight excluding hydrogens is 246 g/mol. The van der Waals surface area contributed by atoms with Crippen LogP contribution < -0.4 is 5.32 Å². The molecule has 18 heavy (non-hydrogen) atoms. The fourth-order valence-corrected chi connectivity index (χ4v) is 2.63. The van der Waals surface area contributed by atoms with Crippen LogP contribution in [0.5, 0.6) is 0 Å². The van der Waals surface area contributed by atoms with Crippen molar-refractivity contribution in [2.45, 2.75) is 19.5 Å². The van der Waals surface area contributed by atoms with Gasteiger partial charge in [-0.05, 0) is 29.5 Å². The van der Waals surface area contributed by atoms with Crippen LogP contribution in [0.25, 0.3) is 0 Å². The second-order valence-corrected chi connectivity index (χ2v) is 5.09. The Bertz CT molecular complexity index is 522. The van der Waals surface area contributed by atoms with Crippen molar-refractivity contribution in [1.82, 2.24) is 5.32 Å². The molecule has 2 rings (SSSR count). The third-order valence-electron chi connectivity index (χ3n) is 2.81. The first-order chi connectivity index (χ1) is 8.68. The maximum Gasteiger partial charge on any atom is 0.325 e. The van der Waals surface area contributed by atoms with E-state index in [9.17, 15) is 9.90 Å². The minimum atomic E-state index is -0.851. The van der Waals surface area contributed by atoms with Crippen LogP contribution in [-0.4, -0.2) is 11.1 Å². The van der Waals surface area contributed by atoms with Crippen molar-refractivity contribution >= 4 is 17.3 Å². The second-order valence-electron chi connectivity index (χ2n) is 4.09. The highest BCUT2D eigenvalue weighted by Gasteiger charge is 2.18. The predicted molar refractivity (Wildman–Crippen MR) is 72.7 cm³/mol. The summed E-state index contributed by atoms with van der Waals surface area (Å²) in [6, 6.07) is 10.6. The number of rotatable bonds is 5. The van der Waals surface area contributed by atoms with Gasteiger partial charge < -0.3 is 5.11 Å². The summed E-state index contributed by atoms with van der Waals surface area (Å²) in [7, 11) is 0. The monoisotopic (exact) mass is 261 g/mol. The predicted octanol–water partition coefficient (Wildman–Crippen LogP) is 2.97. The molecule has 0 radical (unpaired) electrons. The zero-order valence-electron chi connectivity index (χ0n) is 10.1. The fourth-order valence-electron chi connectivity index (χ4n) is 1.77. The maximum atomic E-state index is 11.3. The number of carboxylic acids is 1. The molecule has 1 atom stereocenters. The van der Waals surface area contributed by atoms with Crippen LogP contribution in [0.4, 0.5) is 0 Å². The Kier molecular flexibility index (Phi) is 4.12. The first-order valence-electron chi connectivity index (χ1n) is 5.72. The molecule has 1 aromatic heterocycles. The molecule has 1 heterocycles. The lowest BCUT2D eigenvalue weighted by atomic mass is 10.1. The van der Waals surface area contributed by atoms with Crippen LogP contribution in [-0.2, 0) is 11.3 Å². The van der Waals surface area contributed by atoms with E-state index in [1.165, 1.54) is 10.4 Å². The topological polar surface area (TPSA) is 49.3 Å². The van der Waals surface area contributed by atoms with Gasteiger partial charge in [-0.1, -0.05) is 30.3 Å². The smallest absolute Gasteiger partial charge is 0.325 e. The van der Waals surface area contributed by atoms with Crippen molar-refractivity contribution in [2.75, 3.05) is 0 Å². The zero-order chi connectivity index (χ0) is 13.0. The van der Waals surface area contributed by atoms with Gasteiger partial charge in [-0.25, -0.2) is 0 Å². The SMILES string of the molecule is Cc1ccsc1CNC(C(=O)O)c1ccccc1. The van der Waals surface area contributed by atoms with Crippen molar-refractivity contribution in [2.24, 2.45) is 0 Å². The third-order valence-corrected chi connectivity index (χ3v) is 3.84. The van der Waals surface area contributed by atoms with Crippen LogP contribution in [0.15, 0.2) is 41.8 Å². The number of carboxylic acid groups (broad SMARTS) is 1. The number of benzene rings is 1. The van der Waals surface area contributed by atoms with E-state index in [1.54, 1.807) is 11.3 Å². The van der Waals surface area contributed by atoms with Crippen LogP contribution in [0, 0.1) is 6.92 Å². The van der Waals surface area contributed by atoms with Gasteiger partial charge in [0.25, 0.3) is 0 Å².